The van der Waals surface area contributed by atoms with Crippen LogP contribution in [0.1, 0.15) is 13.3 Å². The van der Waals surface area contributed by atoms with E-state index in [4.69, 9.17) is 0 Å². The van der Waals surface area contributed by atoms with Crippen molar-refractivity contribution >= 4 is 0 Å². The molecule has 0 nitrogen and oxygen atoms in total. The van der Waals surface area contributed by atoms with E-state index in [1.165, 1.54) is 5.57 Å². The fourth-order valence-electron chi connectivity index (χ4n) is 0.515. The Hall–Kier alpha value is 0.194. The third-order valence-corrected chi connectivity index (χ3v) is 0.867. The number of hydrogen-bond donors (Lipinski definition) is 0. The molecule has 0 heterocycles. The van der Waals surface area contributed by atoms with E-state index in [1.807, 2.05) is 0 Å². The molecule has 0 fully saturated rings. The molecule has 1 heteroatoms. The van der Waals surface area contributed by atoms with Crippen molar-refractivity contribution in [2.75, 3.05) is 0 Å². The van der Waals surface area contributed by atoms with Crippen molar-refractivity contribution in [3.05, 3.63) is 23.8 Å². The zero-order chi connectivity index (χ0) is 4.41. The van der Waals surface area contributed by atoms with E-state index in [0.717, 1.165) is 6.42 Å². The molecule has 0 N–H and O–H groups in total. The Morgan fingerprint density at radius 1 is 1.71 bits per heavy atom. The van der Waals surface area contributed by atoms with Crippen molar-refractivity contribution in [3.8, 4) is 0 Å². The van der Waals surface area contributed by atoms with Crippen LogP contribution in [0.4, 0.5) is 0 Å². The Balaban J connectivity index is 0.000000360. The Kier molecular flexibility index (Phi) is 3.32. The van der Waals surface area contributed by atoms with Crippen LogP contribution in [-0.2, 0) is 21.7 Å². The predicted octanol–water partition coefficient (Wildman–Crippen LogP) is 1.69. The van der Waals surface area contributed by atoms with Crippen LogP contribution in [0, 0.1) is 6.08 Å². The minimum Gasteiger partial charge on any atom is -0.270 e. The summed E-state index contributed by atoms with van der Waals surface area (Å²) in [6, 6.07) is 0. The molecule has 0 aliphatic heterocycles. The van der Waals surface area contributed by atoms with Gasteiger partial charge in [-0.25, -0.2) is 11.6 Å². The summed E-state index contributed by atoms with van der Waals surface area (Å²) in [5, 5.41) is 0. The molecule has 0 saturated carbocycles. The van der Waals surface area contributed by atoms with E-state index in [2.05, 4.69) is 25.2 Å². The first-order valence-electron chi connectivity index (χ1n) is 2.13. The van der Waals surface area contributed by atoms with E-state index < -0.39 is 0 Å². The Morgan fingerprint density at radius 2 is 2.43 bits per heavy atom. The maximum atomic E-state index is 3.12. The smallest absolute Gasteiger partial charge is 0 e. The van der Waals surface area contributed by atoms with Gasteiger partial charge in [-0.3, -0.25) is 6.08 Å². The van der Waals surface area contributed by atoms with Crippen molar-refractivity contribution in [3.63, 3.8) is 0 Å². The molecule has 7 heavy (non-hydrogen) atoms. The second-order valence-electron chi connectivity index (χ2n) is 1.47. The van der Waals surface area contributed by atoms with Crippen LogP contribution >= 0.6 is 0 Å². The van der Waals surface area contributed by atoms with Crippen molar-refractivity contribution in [2.45, 2.75) is 13.3 Å². The zero-order valence-corrected chi connectivity index (χ0v) is 5.92. The fourth-order valence-corrected chi connectivity index (χ4v) is 0.515. The van der Waals surface area contributed by atoms with Crippen molar-refractivity contribution < 1.29 is 21.7 Å². The Morgan fingerprint density at radius 3 is 2.57 bits per heavy atom. The first kappa shape index (κ1) is 7.19. The van der Waals surface area contributed by atoms with Gasteiger partial charge in [-0.2, -0.15) is 6.08 Å². The molecule has 0 bridgehead atoms. The zero-order valence-electron chi connectivity index (χ0n) is 4.36. The summed E-state index contributed by atoms with van der Waals surface area (Å²) in [6.07, 6.45) is 8.33. The molecule has 0 aromatic carbocycles. The van der Waals surface area contributed by atoms with E-state index in [9.17, 15) is 0 Å². The molecule has 0 unspecified atom stereocenters. The Bertz CT molecular complexity index is 98.0. The molecule has 0 atom stereocenters. The van der Waals surface area contributed by atoms with Gasteiger partial charge in [0.15, 0.2) is 0 Å². The quantitative estimate of drug-likeness (QED) is 0.343. The number of hydrogen-bond acceptors (Lipinski definition) is 0. The maximum absolute atomic E-state index is 3.12. The SMILES string of the molecule is CC1=[C-]CC=C1.[Ti]. The van der Waals surface area contributed by atoms with Crippen molar-refractivity contribution in [2.24, 2.45) is 0 Å². The van der Waals surface area contributed by atoms with Gasteiger partial charge in [0, 0.05) is 21.7 Å². The topological polar surface area (TPSA) is 0 Å². The van der Waals surface area contributed by atoms with Crippen LogP contribution in [0.2, 0.25) is 0 Å². The number of allylic oxidation sites excluding steroid dienone is 4. The van der Waals surface area contributed by atoms with Crippen molar-refractivity contribution in [1.82, 2.24) is 0 Å². The molecule has 0 aromatic rings. The molecule has 0 spiro atoms. The van der Waals surface area contributed by atoms with Gasteiger partial charge in [0.05, 0.1) is 0 Å². The van der Waals surface area contributed by atoms with Gasteiger partial charge in [0.25, 0.3) is 0 Å². The third-order valence-electron chi connectivity index (χ3n) is 0.867. The van der Waals surface area contributed by atoms with Crippen LogP contribution in [0.15, 0.2) is 17.7 Å². The summed E-state index contributed by atoms with van der Waals surface area (Å²) in [6.45, 7) is 2.06. The monoisotopic (exact) mass is 127 g/mol. The van der Waals surface area contributed by atoms with Gasteiger partial charge in [-0.05, 0) is 0 Å². The second-order valence-corrected chi connectivity index (χ2v) is 1.47. The molecule has 0 aromatic heterocycles. The van der Waals surface area contributed by atoms with Crippen LogP contribution < -0.4 is 0 Å². The molecular formula is C6H7Ti-. The van der Waals surface area contributed by atoms with E-state index in [1.54, 1.807) is 0 Å². The molecule has 1 rings (SSSR count). The van der Waals surface area contributed by atoms with E-state index in [0.29, 0.717) is 0 Å². The molecule has 36 valence electrons. The largest absolute Gasteiger partial charge is 0.270 e. The molecule has 0 amide bonds. The van der Waals surface area contributed by atoms with Gasteiger partial charge >= 0.3 is 0 Å². The van der Waals surface area contributed by atoms with E-state index in [-0.39, 0.29) is 21.7 Å². The molecule has 0 saturated heterocycles. The standard InChI is InChI=1S/C6H7.Ti/c1-6-4-2-3-5-6;/h2,4H,3H2,1H3;/q-1;. The first-order chi connectivity index (χ1) is 2.89. The van der Waals surface area contributed by atoms with Gasteiger partial charge in [0.1, 0.15) is 0 Å². The average molecular weight is 127 g/mol. The third kappa shape index (κ3) is 2.11. The normalized spacial score (nSPS) is 15.9. The minimum atomic E-state index is 0. The summed E-state index contributed by atoms with van der Waals surface area (Å²) >= 11 is 0. The number of rotatable bonds is 0. The van der Waals surface area contributed by atoms with E-state index >= 15 is 0 Å². The van der Waals surface area contributed by atoms with Crippen LogP contribution in [-0.4, -0.2) is 0 Å². The van der Waals surface area contributed by atoms with Gasteiger partial charge in [0.2, 0.25) is 0 Å². The van der Waals surface area contributed by atoms with Crippen LogP contribution in [0.3, 0.4) is 0 Å². The molecular weight excluding hydrogens is 120 g/mol. The first-order valence-corrected chi connectivity index (χ1v) is 2.13. The summed E-state index contributed by atoms with van der Waals surface area (Å²) in [7, 11) is 0. The fraction of sp³-hybridized carbons (Fsp3) is 0.333. The second kappa shape index (κ2) is 3.23. The predicted molar refractivity (Wildman–Crippen MR) is 26.2 cm³/mol. The van der Waals surface area contributed by atoms with Crippen molar-refractivity contribution in [1.29, 1.82) is 0 Å². The summed E-state index contributed by atoms with van der Waals surface area (Å²) in [5.41, 5.74) is 1.27. The van der Waals surface area contributed by atoms with Gasteiger partial charge < -0.3 is 0 Å². The average Bonchev–Trinajstić information content (AvgIpc) is 1.86. The molecule has 1 aliphatic carbocycles. The summed E-state index contributed by atoms with van der Waals surface area (Å²) < 4.78 is 0. The van der Waals surface area contributed by atoms with Crippen LogP contribution in [0.25, 0.3) is 0 Å². The Labute approximate surface area is 59.2 Å². The van der Waals surface area contributed by atoms with Crippen LogP contribution in [0.5, 0.6) is 0 Å². The molecule has 1 aliphatic rings. The van der Waals surface area contributed by atoms with Gasteiger partial charge in [-0.15, -0.1) is 6.42 Å². The van der Waals surface area contributed by atoms with Gasteiger partial charge in [-0.1, -0.05) is 6.92 Å². The summed E-state index contributed by atoms with van der Waals surface area (Å²) in [5.74, 6) is 0. The minimum absolute atomic E-state index is 0. The summed E-state index contributed by atoms with van der Waals surface area (Å²) in [4.78, 5) is 0. The molecule has 0 radical (unpaired) electrons. The maximum Gasteiger partial charge on any atom is 0 e.